The minimum atomic E-state index is -0.898. The molecule has 0 saturated carbocycles. The van der Waals surface area contributed by atoms with E-state index in [1.807, 2.05) is 25.5 Å². The van der Waals surface area contributed by atoms with Gasteiger partial charge in [0.2, 0.25) is 0 Å². The summed E-state index contributed by atoms with van der Waals surface area (Å²) in [5, 5.41) is 15.3. The zero-order valence-corrected chi connectivity index (χ0v) is 12.3. The highest BCUT2D eigenvalue weighted by atomic mass is 16.3. The minimum Gasteiger partial charge on any atom is -0.388 e. The lowest BCUT2D eigenvalue weighted by atomic mass is 9.74. The normalized spacial score (nSPS) is 15.7. The molecule has 0 bridgehead atoms. The van der Waals surface area contributed by atoms with Crippen LogP contribution in [0, 0.1) is 5.41 Å². The largest absolute Gasteiger partial charge is 0.388 e. The molecule has 1 heterocycles. The van der Waals surface area contributed by atoms with Gasteiger partial charge in [0.1, 0.15) is 0 Å². The van der Waals surface area contributed by atoms with Crippen LogP contribution in [-0.4, -0.2) is 27.0 Å². The summed E-state index contributed by atoms with van der Waals surface area (Å²) in [6.45, 7) is 11.3. The molecule has 0 fully saturated rings. The molecule has 18 heavy (non-hydrogen) atoms. The number of aliphatic hydroxyl groups is 1. The summed E-state index contributed by atoms with van der Waals surface area (Å²) in [5.41, 5.74) is 6.78. The van der Waals surface area contributed by atoms with Gasteiger partial charge in [0.25, 0.3) is 0 Å². The molecule has 4 heteroatoms. The molecule has 0 aliphatic rings. The molecule has 0 spiro atoms. The number of hydrogen-bond donors (Lipinski definition) is 2. The van der Waals surface area contributed by atoms with E-state index in [-0.39, 0.29) is 12.0 Å². The minimum absolute atomic E-state index is 0.253. The fourth-order valence-electron chi connectivity index (χ4n) is 2.05. The maximum absolute atomic E-state index is 10.7. The molecule has 0 saturated heterocycles. The number of nitrogens with zero attached hydrogens (tertiary/aromatic N) is 2. The van der Waals surface area contributed by atoms with E-state index in [4.69, 9.17) is 5.73 Å². The highest BCUT2D eigenvalue weighted by Gasteiger charge is 2.39. The van der Waals surface area contributed by atoms with Gasteiger partial charge in [0, 0.05) is 25.2 Å². The highest BCUT2D eigenvalue weighted by molar-refractivity contribution is 5.14. The Morgan fingerprint density at radius 1 is 1.33 bits per heavy atom. The first-order valence-electron chi connectivity index (χ1n) is 6.75. The van der Waals surface area contributed by atoms with E-state index in [0.717, 1.165) is 24.4 Å². The van der Waals surface area contributed by atoms with Crippen molar-refractivity contribution in [2.45, 2.75) is 59.6 Å². The van der Waals surface area contributed by atoms with E-state index >= 15 is 0 Å². The quantitative estimate of drug-likeness (QED) is 0.840. The molecular formula is C14H27N3O. The summed E-state index contributed by atoms with van der Waals surface area (Å²) >= 11 is 0. The lowest BCUT2D eigenvalue weighted by molar-refractivity contribution is -0.0504. The molecule has 0 radical (unpaired) electrons. The molecule has 1 unspecified atom stereocenters. The summed E-state index contributed by atoms with van der Waals surface area (Å²) in [5.74, 6) is 0. The summed E-state index contributed by atoms with van der Waals surface area (Å²) < 4.78 is 1.96. The number of aromatic nitrogens is 2. The van der Waals surface area contributed by atoms with Crippen LogP contribution in [-0.2, 0) is 19.4 Å². The molecule has 0 aliphatic heterocycles. The summed E-state index contributed by atoms with van der Waals surface area (Å²) in [6, 6.07) is 2.08. The fourth-order valence-corrected chi connectivity index (χ4v) is 2.05. The molecule has 0 aromatic carbocycles. The van der Waals surface area contributed by atoms with E-state index in [1.54, 1.807) is 0 Å². The molecule has 0 aliphatic carbocycles. The van der Waals surface area contributed by atoms with Gasteiger partial charge < -0.3 is 10.8 Å². The van der Waals surface area contributed by atoms with Crippen LogP contribution in [0.25, 0.3) is 0 Å². The summed E-state index contributed by atoms with van der Waals surface area (Å²) in [7, 11) is 0. The number of nitrogens with two attached hydrogens (primary N) is 1. The average Bonchev–Trinajstić information content (AvgIpc) is 2.69. The molecule has 1 atom stereocenters. The van der Waals surface area contributed by atoms with E-state index in [0.29, 0.717) is 6.42 Å². The van der Waals surface area contributed by atoms with Crippen LogP contribution in [0.2, 0.25) is 0 Å². The Morgan fingerprint density at radius 3 is 2.33 bits per heavy atom. The Labute approximate surface area is 110 Å². The monoisotopic (exact) mass is 253 g/mol. The maximum atomic E-state index is 10.7. The molecule has 1 aromatic heterocycles. The Balaban J connectivity index is 3.05. The second kappa shape index (κ2) is 5.41. The smallest absolute Gasteiger partial charge is 0.0872 e. The van der Waals surface area contributed by atoms with Crippen molar-refractivity contribution in [2.75, 3.05) is 6.54 Å². The van der Waals surface area contributed by atoms with Gasteiger partial charge in [-0.25, -0.2) is 0 Å². The van der Waals surface area contributed by atoms with Gasteiger partial charge in [0.15, 0.2) is 0 Å². The molecule has 3 N–H and O–H groups in total. The van der Waals surface area contributed by atoms with E-state index in [1.165, 1.54) is 0 Å². The maximum Gasteiger partial charge on any atom is 0.0872 e. The SMILES string of the molecule is CCc1cc(CC(O)(CN)C(C)(C)C)n(CC)n1. The molecule has 104 valence electrons. The van der Waals surface area contributed by atoms with E-state index < -0.39 is 5.60 Å². The molecule has 1 aromatic rings. The molecule has 1 rings (SSSR count). The van der Waals surface area contributed by atoms with Crippen molar-refractivity contribution in [1.82, 2.24) is 9.78 Å². The highest BCUT2D eigenvalue weighted by Crippen LogP contribution is 2.32. The number of hydrogen-bond acceptors (Lipinski definition) is 3. The van der Waals surface area contributed by atoms with E-state index in [9.17, 15) is 5.11 Å². The molecule has 0 amide bonds. The van der Waals surface area contributed by atoms with Crippen molar-refractivity contribution in [3.63, 3.8) is 0 Å². The molecule has 4 nitrogen and oxygen atoms in total. The van der Waals surface area contributed by atoms with Crippen LogP contribution in [0.5, 0.6) is 0 Å². The van der Waals surface area contributed by atoms with Crippen molar-refractivity contribution in [1.29, 1.82) is 0 Å². The zero-order chi connectivity index (χ0) is 14.0. The first-order valence-corrected chi connectivity index (χ1v) is 6.75. The van der Waals surface area contributed by atoms with Crippen LogP contribution in [0.3, 0.4) is 0 Å². The second-order valence-corrected chi connectivity index (χ2v) is 5.96. The Bertz CT molecular complexity index is 392. The van der Waals surface area contributed by atoms with Crippen LogP contribution >= 0.6 is 0 Å². The Morgan fingerprint density at radius 2 is 1.94 bits per heavy atom. The van der Waals surface area contributed by atoms with Crippen LogP contribution in [0.4, 0.5) is 0 Å². The Kier molecular flexibility index (Phi) is 4.56. The summed E-state index contributed by atoms with van der Waals surface area (Å²) in [4.78, 5) is 0. The lowest BCUT2D eigenvalue weighted by Gasteiger charge is -2.39. The third-order valence-corrected chi connectivity index (χ3v) is 3.78. The lowest BCUT2D eigenvalue weighted by Crippen LogP contribution is -2.51. The Hall–Kier alpha value is -0.870. The zero-order valence-electron chi connectivity index (χ0n) is 12.3. The fraction of sp³-hybridized carbons (Fsp3) is 0.786. The van der Waals surface area contributed by atoms with Gasteiger partial charge >= 0.3 is 0 Å². The van der Waals surface area contributed by atoms with Crippen LogP contribution < -0.4 is 5.73 Å². The van der Waals surface area contributed by atoms with Crippen LogP contribution in [0.15, 0.2) is 6.07 Å². The topological polar surface area (TPSA) is 64.1 Å². The molecular weight excluding hydrogens is 226 g/mol. The number of aryl methyl sites for hydroxylation is 2. The van der Waals surface area contributed by atoms with Gasteiger partial charge in [-0.1, -0.05) is 27.7 Å². The van der Waals surface area contributed by atoms with Crippen molar-refractivity contribution in [2.24, 2.45) is 11.1 Å². The first kappa shape index (κ1) is 15.2. The summed E-state index contributed by atoms with van der Waals surface area (Å²) in [6.07, 6.45) is 1.46. The third kappa shape index (κ3) is 2.93. The second-order valence-electron chi connectivity index (χ2n) is 5.96. The predicted molar refractivity (Wildman–Crippen MR) is 74.4 cm³/mol. The predicted octanol–water partition coefficient (Wildman–Crippen LogP) is 1.74. The number of rotatable bonds is 5. The van der Waals surface area contributed by atoms with Crippen LogP contribution in [0.1, 0.15) is 46.0 Å². The first-order chi connectivity index (χ1) is 8.27. The van der Waals surface area contributed by atoms with Gasteiger partial charge in [-0.2, -0.15) is 5.10 Å². The van der Waals surface area contributed by atoms with Gasteiger partial charge in [0.05, 0.1) is 11.3 Å². The van der Waals surface area contributed by atoms with Crippen molar-refractivity contribution in [3.05, 3.63) is 17.5 Å². The van der Waals surface area contributed by atoms with Crippen molar-refractivity contribution in [3.8, 4) is 0 Å². The standard InChI is InChI=1S/C14H27N3O/c1-6-11-8-12(17(7-2)16-11)9-14(18,10-15)13(3,4)5/h8,18H,6-7,9-10,15H2,1-5H3. The van der Waals surface area contributed by atoms with Gasteiger partial charge in [-0.15, -0.1) is 0 Å². The van der Waals surface area contributed by atoms with Crippen molar-refractivity contribution < 1.29 is 5.11 Å². The van der Waals surface area contributed by atoms with Gasteiger partial charge in [-0.3, -0.25) is 4.68 Å². The van der Waals surface area contributed by atoms with Gasteiger partial charge in [-0.05, 0) is 24.8 Å². The average molecular weight is 253 g/mol. The van der Waals surface area contributed by atoms with E-state index in [2.05, 4.69) is 25.0 Å². The van der Waals surface area contributed by atoms with Crippen molar-refractivity contribution >= 4 is 0 Å². The third-order valence-electron chi connectivity index (χ3n) is 3.78.